The number of hydrogen-bond acceptors (Lipinski definition) is 3. The minimum Gasteiger partial charge on any atom is -0.478 e. The number of carbonyl (C=O) groups excluding carboxylic acids is 1. The molecule has 21 heavy (non-hydrogen) atoms. The zero-order chi connectivity index (χ0) is 15.8. The number of carbonyl (C=O) groups is 1. The summed E-state index contributed by atoms with van der Waals surface area (Å²) < 4.78 is 32.6. The van der Waals surface area contributed by atoms with Crippen molar-refractivity contribution in [2.45, 2.75) is 39.8 Å². The highest BCUT2D eigenvalue weighted by Crippen LogP contribution is 2.23. The quantitative estimate of drug-likeness (QED) is 0.775. The first kappa shape index (κ1) is 17.4. The summed E-state index contributed by atoms with van der Waals surface area (Å²) in [5.41, 5.74) is 0.487. The zero-order valence-corrected chi connectivity index (χ0v) is 12.6. The van der Waals surface area contributed by atoms with Crippen LogP contribution < -0.4 is 15.4 Å². The standard InChI is InChI=1S/C15H22F2N2O2/c1-4-5-18-14(20)9-21-15-12(16)6-11(7-13(15)17)8-19-10(2)3/h6-7,10,19H,4-5,8-9H2,1-3H3,(H,18,20). The van der Waals surface area contributed by atoms with Crippen LogP contribution in [0.25, 0.3) is 0 Å². The van der Waals surface area contributed by atoms with Gasteiger partial charge in [0.1, 0.15) is 0 Å². The van der Waals surface area contributed by atoms with Crippen LogP contribution in [0.3, 0.4) is 0 Å². The molecule has 1 aromatic carbocycles. The minimum absolute atomic E-state index is 0.217. The molecule has 0 bridgehead atoms. The van der Waals surface area contributed by atoms with Gasteiger partial charge in [-0.2, -0.15) is 0 Å². The van der Waals surface area contributed by atoms with E-state index in [1.54, 1.807) is 0 Å². The Morgan fingerprint density at radius 2 is 1.90 bits per heavy atom. The molecule has 0 spiro atoms. The summed E-state index contributed by atoms with van der Waals surface area (Å²) in [4.78, 5) is 11.4. The van der Waals surface area contributed by atoms with E-state index in [1.165, 1.54) is 12.1 Å². The van der Waals surface area contributed by atoms with Gasteiger partial charge < -0.3 is 15.4 Å². The van der Waals surface area contributed by atoms with Gasteiger partial charge in [-0.25, -0.2) is 8.78 Å². The molecule has 0 saturated heterocycles. The lowest BCUT2D eigenvalue weighted by Crippen LogP contribution is -2.29. The van der Waals surface area contributed by atoms with Crippen molar-refractivity contribution in [2.24, 2.45) is 0 Å². The summed E-state index contributed by atoms with van der Waals surface area (Å²) in [6.07, 6.45) is 0.784. The summed E-state index contributed by atoms with van der Waals surface area (Å²) in [5.74, 6) is -2.53. The summed E-state index contributed by atoms with van der Waals surface area (Å²) in [6.45, 7) is 6.26. The van der Waals surface area contributed by atoms with E-state index in [0.29, 0.717) is 18.7 Å². The molecule has 0 aliphatic heterocycles. The Hall–Kier alpha value is -1.69. The van der Waals surface area contributed by atoms with Crippen LogP contribution in [0.1, 0.15) is 32.8 Å². The largest absolute Gasteiger partial charge is 0.478 e. The van der Waals surface area contributed by atoms with Gasteiger partial charge in [0.05, 0.1) is 0 Å². The van der Waals surface area contributed by atoms with Gasteiger partial charge in [0.15, 0.2) is 24.0 Å². The van der Waals surface area contributed by atoms with Crippen LogP contribution >= 0.6 is 0 Å². The molecule has 0 atom stereocenters. The molecule has 1 amide bonds. The van der Waals surface area contributed by atoms with E-state index in [1.807, 2.05) is 20.8 Å². The second kappa shape index (κ2) is 8.56. The van der Waals surface area contributed by atoms with E-state index in [2.05, 4.69) is 10.6 Å². The van der Waals surface area contributed by atoms with Gasteiger partial charge >= 0.3 is 0 Å². The molecule has 0 saturated carbocycles. The molecular weight excluding hydrogens is 278 g/mol. The lowest BCUT2D eigenvalue weighted by molar-refractivity contribution is -0.123. The summed E-state index contributed by atoms with van der Waals surface area (Å²) in [5, 5.41) is 5.64. The Labute approximate surface area is 123 Å². The number of hydrogen-bond donors (Lipinski definition) is 2. The van der Waals surface area contributed by atoms with Crippen LogP contribution in [-0.4, -0.2) is 25.1 Å². The predicted molar refractivity (Wildman–Crippen MR) is 77.1 cm³/mol. The van der Waals surface area contributed by atoms with Crippen molar-refractivity contribution in [3.63, 3.8) is 0 Å². The monoisotopic (exact) mass is 300 g/mol. The molecule has 0 aromatic heterocycles. The van der Waals surface area contributed by atoms with E-state index >= 15 is 0 Å². The summed E-state index contributed by atoms with van der Waals surface area (Å²) >= 11 is 0. The fraction of sp³-hybridized carbons (Fsp3) is 0.533. The molecule has 0 aliphatic rings. The third-order valence-electron chi connectivity index (χ3n) is 2.69. The Kier molecular flexibility index (Phi) is 7.08. The zero-order valence-electron chi connectivity index (χ0n) is 12.6. The number of rotatable bonds is 8. The highest BCUT2D eigenvalue weighted by Gasteiger charge is 2.14. The molecule has 0 aliphatic carbocycles. The fourth-order valence-electron chi connectivity index (χ4n) is 1.63. The molecule has 118 valence electrons. The smallest absolute Gasteiger partial charge is 0.257 e. The van der Waals surface area contributed by atoms with E-state index in [4.69, 9.17) is 4.74 Å². The number of nitrogens with one attached hydrogen (secondary N) is 2. The molecule has 0 heterocycles. The first-order valence-electron chi connectivity index (χ1n) is 7.04. The Balaban J connectivity index is 2.65. The van der Waals surface area contributed by atoms with Gasteiger partial charge in [-0.1, -0.05) is 20.8 Å². The van der Waals surface area contributed by atoms with Gasteiger partial charge in [-0.3, -0.25) is 4.79 Å². The maximum atomic E-state index is 13.8. The molecule has 4 nitrogen and oxygen atoms in total. The fourth-order valence-corrected chi connectivity index (χ4v) is 1.63. The van der Waals surface area contributed by atoms with Crippen molar-refractivity contribution in [1.29, 1.82) is 0 Å². The highest BCUT2D eigenvalue weighted by molar-refractivity contribution is 5.77. The Morgan fingerprint density at radius 1 is 1.29 bits per heavy atom. The van der Waals surface area contributed by atoms with Crippen LogP contribution in [0.4, 0.5) is 8.78 Å². The van der Waals surface area contributed by atoms with E-state index in [9.17, 15) is 13.6 Å². The van der Waals surface area contributed by atoms with Crippen molar-refractivity contribution in [3.05, 3.63) is 29.3 Å². The predicted octanol–water partition coefficient (Wildman–Crippen LogP) is 2.37. The number of benzene rings is 1. The first-order valence-corrected chi connectivity index (χ1v) is 7.04. The van der Waals surface area contributed by atoms with Gasteiger partial charge in [-0.15, -0.1) is 0 Å². The average molecular weight is 300 g/mol. The van der Waals surface area contributed by atoms with Crippen LogP contribution in [0.2, 0.25) is 0 Å². The molecule has 6 heteroatoms. The second-order valence-electron chi connectivity index (χ2n) is 5.06. The minimum atomic E-state index is -0.807. The molecule has 1 aromatic rings. The number of halogens is 2. The van der Waals surface area contributed by atoms with Crippen molar-refractivity contribution in [3.8, 4) is 5.75 Å². The highest BCUT2D eigenvalue weighted by atomic mass is 19.1. The van der Waals surface area contributed by atoms with Crippen molar-refractivity contribution < 1.29 is 18.3 Å². The van der Waals surface area contributed by atoms with Crippen molar-refractivity contribution in [1.82, 2.24) is 10.6 Å². The van der Waals surface area contributed by atoms with Crippen LogP contribution in [0.15, 0.2) is 12.1 Å². The Morgan fingerprint density at radius 3 is 2.43 bits per heavy atom. The van der Waals surface area contributed by atoms with Crippen LogP contribution in [-0.2, 0) is 11.3 Å². The molecule has 1 rings (SSSR count). The Bertz CT molecular complexity index is 456. The van der Waals surface area contributed by atoms with Crippen LogP contribution in [0, 0.1) is 11.6 Å². The SMILES string of the molecule is CCCNC(=O)COc1c(F)cc(CNC(C)C)cc1F. The number of amides is 1. The van der Waals surface area contributed by atoms with Crippen molar-refractivity contribution >= 4 is 5.91 Å². The second-order valence-corrected chi connectivity index (χ2v) is 5.06. The summed E-state index contributed by atoms with van der Waals surface area (Å²) in [7, 11) is 0. The van der Waals surface area contributed by atoms with Gasteiger partial charge in [0.25, 0.3) is 5.91 Å². The lowest BCUT2D eigenvalue weighted by Gasteiger charge is -2.12. The average Bonchev–Trinajstić information content (AvgIpc) is 2.41. The van der Waals surface area contributed by atoms with Gasteiger partial charge in [-0.05, 0) is 24.1 Å². The van der Waals surface area contributed by atoms with Gasteiger partial charge in [0, 0.05) is 19.1 Å². The topological polar surface area (TPSA) is 50.4 Å². The van der Waals surface area contributed by atoms with E-state index in [0.717, 1.165) is 6.42 Å². The van der Waals surface area contributed by atoms with E-state index in [-0.39, 0.29) is 6.04 Å². The summed E-state index contributed by atoms with van der Waals surface area (Å²) in [6, 6.07) is 2.63. The lowest BCUT2D eigenvalue weighted by atomic mass is 10.2. The molecule has 0 fully saturated rings. The van der Waals surface area contributed by atoms with Crippen molar-refractivity contribution in [2.75, 3.05) is 13.2 Å². The molecular formula is C15H22F2N2O2. The molecule has 0 unspecified atom stereocenters. The third-order valence-corrected chi connectivity index (χ3v) is 2.69. The van der Waals surface area contributed by atoms with Gasteiger partial charge in [0.2, 0.25) is 0 Å². The molecule has 2 N–H and O–H groups in total. The normalized spacial score (nSPS) is 10.8. The van der Waals surface area contributed by atoms with Crippen LogP contribution in [0.5, 0.6) is 5.75 Å². The maximum Gasteiger partial charge on any atom is 0.257 e. The first-order chi connectivity index (χ1) is 9.93. The van der Waals surface area contributed by atoms with E-state index < -0.39 is 29.9 Å². The third kappa shape index (κ3) is 6.08. The number of ether oxygens (including phenoxy) is 1. The molecule has 0 radical (unpaired) electrons. The maximum absolute atomic E-state index is 13.8.